The summed E-state index contributed by atoms with van der Waals surface area (Å²) in [5.41, 5.74) is 0.453. The van der Waals surface area contributed by atoms with Crippen molar-refractivity contribution in [2.24, 2.45) is 5.41 Å². The van der Waals surface area contributed by atoms with Gasteiger partial charge in [0.2, 0.25) is 0 Å². The van der Waals surface area contributed by atoms with Crippen LogP contribution >= 0.6 is 0 Å². The molecule has 4 heteroatoms. The third-order valence-electron chi connectivity index (χ3n) is 2.96. The highest BCUT2D eigenvalue weighted by Gasteiger charge is 2.19. The Bertz CT molecular complexity index is 373. The summed E-state index contributed by atoms with van der Waals surface area (Å²) < 4.78 is 38.6. The van der Waals surface area contributed by atoms with Gasteiger partial charge in [0.25, 0.3) is 0 Å². The summed E-state index contributed by atoms with van der Waals surface area (Å²) in [4.78, 5) is 0. The van der Waals surface area contributed by atoms with Crippen molar-refractivity contribution in [2.45, 2.75) is 40.3 Å². The Kier molecular flexibility index (Phi) is 4.20. The quantitative estimate of drug-likeness (QED) is 0.802. The van der Waals surface area contributed by atoms with Gasteiger partial charge in [0.05, 0.1) is 0 Å². The molecule has 1 N–H and O–H groups in total. The standard InChI is InChI=1S/C13H18F3N/c1-8(13(2,3)4)17-7-9-5-10(14)12(16)11(15)6-9/h5-6,8,17H,7H2,1-4H3. The van der Waals surface area contributed by atoms with Gasteiger partial charge in [-0.25, -0.2) is 13.2 Å². The third kappa shape index (κ3) is 3.73. The van der Waals surface area contributed by atoms with E-state index in [-0.39, 0.29) is 11.5 Å². The summed E-state index contributed by atoms with van der Waals surface area (Å²) >= 11 is 0. The van der Waals surface area contributed by atoms with E-state index in [0.29, 0.717) is 12.1 Å². The van der Waals surface area contributed by atoms with E-state index < -0.39 is 17.5 Å². The molecule has 0 aliphatic carbocycles. The maximum atomic E-state index is 13.0. The van der Waals surface area contributed by atoms with E-state index in [4.69, 9.17) is 0 Å². The van der Waals surface area contributed by atoms with E-state index in [9.17, 15) is 13.2 Å². The van der Waals surface area contributed by atoms with Crippen molar-refractivity contribution < 1.29 is 13.2 Å². The first-order chi connectivity index (χ1) is 7.71. The van der Waals surface area contributed by atoms with Gasteiger partial charge in [-0.3, -0.25) is 0 Å². The normalized spacial score (nSPS) is 13.8. The molecule has 1 nitrogen and oxygen atoms in total. The molecular formula is C13H18F3N. The summed E-state index contributed by atoms with van der Waals surface area (Å²) in [7, 11) is 0. The minimum atomic E-state index is -1.42. The van der Waals surface area contributed by atoms with Crippen LogP contribution in [0.3, 0.4) is 0 Å². The van der Waals surface area contributed by atoms with Crippen LogP contribution < -0.4 is 5.32 Å². The van der Waals surface area contributed by atoms with Crippen LogP contribution in [0.1, 0.15) is 33.3 Å². The van der Waals surface area contributed by atoms with Gasteiger partial charge < -0.3 is 5.32 Å². The van der Waals surface area contributed by atoms with E-state index in [1.807, 2.05) is 6.92 Å². The molecule has 17 heavy (non-hydrogen) atoms. The Morgan fingerprint density at radius 2 is 1.59 bits per heavy atom. The number of rotatable bonds is 3. The summed E-state index contributed by atoms with van der Waals surface area (Å²) in [6, 6.07) is 2.21. The fourth-order valence-electron chi connectivity index (χ4n) is 1.29. The van der Waals surface area contributed by atoms with Crippen LogP contribution in [0.5, 0.6) is 0 Å². The third-order valence-corrected chi connectivity index (χ3v) is 2.96. The average Bonchev–Trinajstić information content (AvgIpc) is 2.20. The molecule has 0 spiro atoms. The van der Waals surface area contributed by atoms with Gasteiger partial charge in [0.1, 0.15) is 0 Å². The Labute approximate surface area is 100 Å². The Hall–Kier alpha value is -1.03. The maximum Gasteiger partial charge on any atom is 0.194 e. The smallest absolute Gasteiger partial charge is 0.194 e. The van der Waals surface area contributed by atoms with Gasteiger partial charge in [-0.15, -0.1) is 0 Å². The average molecular weight is 245 g/mol. The number of benzene rings is 1. The molecule has 1 rings (SSSR count). The van der Waals surface area contributed by atoms with Crippen LogP contribution in [0.2, 0.25) is 0 Å². The van der Waals surface area contributed by atoms with Crippen LogP contribution in [0.25, 0.3) is 0 Å². The van der Waals surface area contributed by atoms with Crippen LogP contribution in [-0.2, 0) is 6.54 Å². The second-order valence-corrected chi connectivity index (χ2v) is 5.34. The highest BCUT2D eigenvalue weighted by atomic mass is 19.2. The summed E-state index contributed by atoms with van der Waals surface area (Å²) in [5, 5.41) is 3.16. The van der Waals surface area contributed by atoms with Crippen LogP contribution in [0.15, 0.2) is 12.1 Å². The van der Waals surface area contributed by atoms with Gasteiger partial charge in [-0.1, -0.05) is 20.8 Å². The lowest BCUT2D eigenvalue weighted by atomic mass is 9.88. The minimum absolute atomic E-state index is 0.0527. The van der Waals surface area contributed by atoms with Crippen molar-refractivity contribution in [3.63, 3.8) is 0 Å². The zero-order valence-corrected chi connectivity index (χ0v) is 10.6. The van der Waals surface area contributed by atoms with Gasteiger partial charge in [-0.2, -0.15) is 0 Å². The lowest BCUT2D eigenvalue weighted by Crippen LogP contribution is -2.37. The van der Waals surface area contributed by atoms with Gasteiger partial charge in [0.15, 0.2) is 17.5 Å². The molecule has 0 fully saturated rings. The number of halogens is 3. The van der Waals surface area contributed by atoms with Crippen LogP contribution in [0, 0.1) is 22.9 Å². The minimum Gasteiger partial charge on any atom is -0.310 e. The van der Waals surface area contributed by atoms with Gasteiger partial charge in [-0.05, 0) is 30.0 Å². The van der Waals surface area contributed by atoms with E-state index in [1.165, 1.54) is 0 Å². The molecule has 0 amide bonds. The van der Waals surface area contributed by atoms with Crippen molar-refractivity contribution in [2.75, 3.05) is 0 Å². The molecule has 1 aromatic rings. The SMILES string of the molecule is CC(NCc1cc(F)c(F)c(F)c1)C(C)(C)C. The first kappa shape index (κ1) is 14.0. The molecule has 0 bridgehead atoms. The predicted molar refractivity (Wildman–Crippen MR) is 62.1 cm³/mol. The van der Waals surface area contributed by atoms with Crippen LogP contribution in [0.4, 0.5) is 13.2 Å². The molecule has 0 radical (unpaired) electrons. The number of nitrogens with one attached hydrogen (secondary N) is 1. The summed E-state index contributed by atoms with van der Waals surface area (Å²) in [6.45, 7) is 8.51. The van der Waals surface area contributed by atoms with Crippen LogP contribution in [-0.4, -0.2) is 6.04 Å². The van der Waals surface area contributed by atoms with Crippen molar-refractivity contribution in [3.05, 3.63) is 35.1 Å². The van der Waals surface area contributed by atoms with E-state index in [2.05, 4.69) is 26.1 Å². The fourth-order valence-corrected chi connectivity index (χ4v) is 1.29. The second kappa shape index (κ2) is 5.08. The first-order valence-corrected chi connectivity index (χ1v) is 5.58. The molecule has 1 aromatic carbocycles. The highest BCUT2D eigenvalue weighted by Crippen LogP contribution is 2.19. The molecule has 0 aliphatic rings. The topological polar surface area (TPSA) is 12.0 Å². The lowest BCUT2D eigenvalue weighted by Gasteiger charge is -2.28. The molecule has 1 atom stereocenters. The van der Waals surface area contributed by atoms with E-state index in [0.717, 1.165) is 12.1 Å². The monoisotopic (exact) mass is 245 g/mol. The number of hydrogen-bond acceptors (Lipinski definition) is 1. The molecule has 0 saturated carbocycles. The van der Waals surface area contributed by atoms with E-state index >= 15 is 0 Å². The maximum absolute atomic E-state index is 13.0. The second-order valence-electron chi connectivity index (χ2n) is 5.34. The zero-order chi connectivity index (χ0) is 13.2. The first-order valence-electron chi connectivity index (χ1n) is 5.58. The number of hydrogen-bond donors (Lipinski definition) is 1. The van der Waals surface area contributed by atoms with Gasteiger partial charge in [0, 0.05) is 12.6 Å². The Balaban J connectivity index is 2.71. The zero-order valence-electron chi connectivity index (χ0n) is 10.6. The molecule has 0 aliphatic heterocycles. The summed E-state index contributed by atoms with van der Waals surface area (Å²) in [6.07, 6.45) is 0. The molecule has 0 saturated heterocycles. The lowest BCUT2D eigenvalue weighted by molar-refractivity contribution is 0.285. The van der Waals surface area contributed by atoms with E-state index in [1.54, 1.807) is 0 Å². The molecule has 1 unspecified atom stereocenters. The molecular weight excluding hydrogens is 227 g/mol. The van der Waals surface area contributed by atoms with Gasteiger partial charge >= 0.3 is 0 Å². The molecule has 0 heterocycles. The predicted octanol–water partition coefficient (Wildman–Crippen LogP) is 3.63. The largest absolute Gasteiger partial charge is 0.310 e. The fraction of sp³-hybridized carbons (Fsp3) is 0.538. The Morgan fingerprint density at radius 3 is 2.00 bits per heavy atom. The molecule has 0 aromatic heterocycles. The van der Waals surface area contributed by atoms with Crippen molar-refractivity contribution in [3.8, 4) is 0 Å². The molecule has 96 valence electrons. The summed E-state index contributed by atoms with van der Waals surface area (Å²) in [5.74, 6) is -3.71. The van der Waals surface area contributed by atoms with Crippen molar-refractivity contribution in [1.82, 2.24) is 5.32 Å². The van der Waals surface area contributed by atoms with Crippen molar-refractivity contribution >= 4 is 0 Å². The van der Waals surface area contributed by atoms with Crippen molar-refractivity contribution in [1.29, 1.82) is 0 Å². The highest BCUT2D eigenvalue weighted by molar-refractivity contribution is 5.19. The Morgan fingerprint density at radius 1 is 1.12 bits per heavy atom.